The van der Waals surface area contributed by atoms with Crippen molar-refractivity contribution in [3.63, 3.8) is 0 Å². The maximum atomic E-state index is 11.8. The van der Waals surface area contributed by atoms with Crippen LogP contribution in [0.5, 0.6) is 0 Å². The Balaban J connectivity index is 2.64. The minimum Gasteiger partial charge on any atom is -0.326 e. The number of benzene rings is 1. The Morgan fingerprint density at radius 3 is 2.76 bits per heavy atom. The van der Waals surface area contributed by atoms with E-state index in [0.717, 1.165) is 30.6 Å². The van der Waals surface area contributed by atoms with Crippen molar-refractivity contribution in [1.82, 2.24) is 5.32 Å². The zero-order chi connectivity index (χ0) is 12.7. The summed E-state index contributed by atoms with van der Waals surface area (Å²) in [6.07, 6.45) is 2.38. The summed E-state index contributed by atoms with van der Waals surface area (Å²) in [5.41, 5.74) is 3.32. The molecule has 0 spiro atoms. The number of nitrogens with one attached hydrogen (secondary N) is 2. The standard InChI is InChI=1S/C14H22N2O/c1-4-12-8-5-7-11(2)14(12)16-13(17)9-6-10-15-3/h5,7-8,15H,4,6,9-10H2,1-3H3,(H,16,17). The van der Waals surface area contributed by atoms with Gasteiger partial charge in [-0.15, -0.1) is 0 Å². The molecule has 0 saturated carbocycles. The van der Waals surface area contributed by atoms with Gasteiger partial charge in [0.05, 0.1) is 0 Å². The summed E-state index contributed by atoms with van der Waals surface area (Å²) in [7, 11) is 1.90. The highest BCUT2D eigenvalue weighted by atomic mass is 16.1. The van der Waals surface area contributed by atoms with Crippen molar-refractivity contribution in [3.05, 3.63) is 29.3 Å². The highest BCUT2D eigenvalue weighted by molar-refractivity contribution is 5.92. The Kier molecular flexibility index (Phi) is 5.70. The number of carbonyl (C=O) groups excluding carboxylic acids is 1. The first-order valence-corrected chi connectivity index (χ1v) is 6.22. The molecule has 3 heteroatoms. The van der Waals surface area contributed by atoms with Gasteiger partial charge in [-0.2, -0.15) is 0 Å². The van der Waals surface area contributed by atoms with E-state index < -0.39 is 0 Å². The van der Waals surface area contributed by atoms with Crippen molar-refractivity contribution in [2.24, 2.45) is 0 Å². The second-order valence-electron chi connectivity index (χ2n) is 4.22. The van der Waals surface area contributed by atoms with E-state index in [1.54, 1.807) is 0 Å². The van der Waals surface area contributed by atoms with Gasteiger partial charge in [0.1, 0.15) is 0 Å². The third-order valence-corrected chi connectivity index (χ3v) is 2.84. The van der Waals surface area contributed by atoms with Crippen molar-refractivity contribution in [2.75, 3.05) is 18.9 Å². The van der Waals surface area contributed by atoms with Gasteiger partial charge in [0, 0.05) is 12.1 Å². The van der Waals surface area contributed by atoms with Crippen molar-refractivity contribution < 1.29 is 4.79 Å². The average molecular weight is 234 g/mol. The van der Waals surface area contributed by atoms with E-state index in [2.05, 4.69) is 23.6 Å². The van der Waals surface area contributed by atoms with Gasteiger partial charge in [-0.3, -0.25) is 4.79 Å². The van der Waals surface area contributed by atoms with E-state index in [0.29, 0.717) is 6.42 Å². The number of hydrogen-bond donors (Lipinski definition) is 2. The molecule has 0 radical (unpaired) electrons. The monoisotopic (exact) mass is 234 g/mol. The number of para-hydroxylation sites is 1. The van der Waals surface area contributed by atoms with Crippen molar-refractivity contribution in [1.29, 1.82) is 0 Å². The molecule has 0 aromatic heterocycles. The van der Waals surface area contributed by atoms with Crippen LogP contribution in [0.1, 0.15) is 30.9 Å². The lowest BCUT2D eigenvalue weighted by Gasteiger charge is -2.12. The van der Waals surface area contributed by atoms with Gasteiger partial charge >= 0.3 is 0 Å². The third kappa shape index (κ3) is 4.19. The molecule has 0 fully saturated rings. The zero-order valence-electron chi connectivity index (χ0n) is 11.0. The van der Waals surface area contributed by atoms with Gasteiger partial charge in [-0.05, 0) is 44.5 Å². The van der Waals surface area contributed by atoms with Gasteiger partial charge in [-0.25, -0.2) is 0 Å². The number of aryl methyl sites for hydroxylation is 2. The molecule has 17 heavy (non-hydrogen) atoms. The van der Waals surface area contributed by atoms with Gasteiger partial charge < -0.3 is 10.6 Å². The lowest BCUT2D eigenvalue weighted by molar-refractivity contribution is -0.116. The quantitative estimate of drug-likeness (QED) is 0.742. The summed E-state index contributed by atoms with van der Waals surface area (Å²) in [4.78, 5) is 11.8. The average Bonchev–Trinajstić information content (AvgIpc) is 2.32. The lowest BCUT2D eigenvalue weighted by atomic mass is 10.1. The van der Waals surface area contributed by atoms with Gasteiger partial charge in [-0.1, -0.05) is 25.1 Å². The van der Waals surface area contributed by atoms with E-state index in [1.807, 2.05) is 26.1 Å². The van der Waals surface area contributed by atoms with Gasteiger partial charge in [0.2, 0.25) is 5.91 Å². The first kappa shape index (κ1) is 13.7. The maximum Gasteiger partial charge on any atom is 0.224 e. The molecule has 1 aromatic carbocycles. The number of hydrogen-bond acceptors (Lipinski definition) is 2. The molecule has 0 atom stereocenters. The SMILES string of the molecule is CCc1cccc(C)c1NC(=O)CCCNC. The second-order valence-corrected chi connectivity index (χ2v) is 4.22. The first-order valence-electron chi connectivity index (χ1n) is 6.22. The zero-order valence-corrected chi connectivity index (χ0v) is 11.0. The molecule has 1 aromatic rings. The molecule has 2 N–H and O–H groups in total. The Hall–Kier alpha value is -1.35. The highest BCUT2D eigenvalue weighted by Crippen LogP contribution is 2.21. The molecule has 0 saturated heterocycles. The van der Waals surface area contributed by atoms with Crippen LogP contribution in [-0.2, 0) is 11.2 Å². The Morgan fingerprint density at radius 1 is 1.35 bits per heavy atom. The molecular formula is C14H22N2O. The van der Waals surface area contributed by atoms with Crippen molar-refractivity contribution >= 4 is 11.6 Å². The van der Waals surface area contributed by atoms with Gasteiger partial charge in [0.15, 0.2) is 0 Å². The smallest absolute Gasteiger partial charge is 0.224 e. The number of anilines is 1. The Labute approximate surface area is 104 Å². The topological polar surface area (TPSA) is 41.1 Å². The lowest BCUT2D eigenvalue weighted by Crippen LogP contribution is -2.16. The van der Waals surface area contributed by atoms with E-state index in [9.17, 15) is 4.79 Å². The van der Waals surface area contributed by atoms with Crippen LogP contribution in [0.15, 0.2) is 18.2 Å². The minimum atomic E-state index is 0.101. The predicted molar refractivity (Wildman–Crippen MR) is 72.3 cm³/mol. The molecule has 1 rings (SSSR count). The highest BCUT2D eigenvalue weighted by Gasteiger charge is 2.07. The summed E-state index contributed by atoms with van der Waals surface area (Å²) in [6.45, 7) is 5.01. The van der Waals surface area contributed by atoms with E-state index in [1.165, 1.54) is 5.56 Å². The fraction of sp³-hybridized carbons (Fsp3) is 0.500. The largest absolute Gasteiger partial charge is 0.326 e. The predicted octanol–water partition coefficient (Wildman–Crippen LogP) is 2.50. The van der Waals surface area contributed by atoms with E-state index >= 15 is 0 Å². The van der Waals surface area contributed by atoms with Crippen LogP contribution in [0.3, 0.4) is 0 Å². The maximum absolute atomic E-state index is 11.8. The molecule has 3 nitrogen and oxygen atoms in total. The fourth-order valence-electron chi connectivity index (χ4n) is 1.83. The molecule has 0 aliphatic heterocycles. The molecular weight excluding hydrogens is 212 g/mol. The van der Waals surface area contributed by atoms with E-state index in [-0.39, 0.29) is 5.91 Å². The normalized spacial score (nSPS) is 10.3. The van der Waals surface area contributed by atoms with Crippen molar-refractivity contribution in [3.8, 4) is 0 Å². The summed E-state index contributed by atoms with van der Waals surface area (Å²) >= 11 is 0. The Morgan fingerprint density at radius 2 is 2.12 bits per heavy atom. The summed E-state index contributed by atoms with van der Waals surface area (Å²) in [6, 6.07) is 6.13. The van der Waals surface area contributed by atoms with Crippen LogP contribution in [0, 0.1) is 6.92 Å². The Bertz CT molecular complexity index is 374. The van der Waals surface area contributed by atoms with Crippen LogP contribution >= 0.6 is 0 Å². The summed E-state index contributed by atoms with van der Waals surface area (Å²) in [5, 5.41) is 6.06. The van der Waals surface area contributed by atoms with E-state index in [4.69, 9.17) is 0 Å². The summed E-state index contributed by atoms with van der Waals surface area (Å²) in [5.74, 6) is 0.101. The minimum absolute atomic E-state index is 0.101. The van der Waals surface area contributed by atoms with Crippen LogP contribution in [-0.4, -0.2) is 19.5 Å². The fourth-order valence-corrected chi connectivity index (χ4v) is 1.83. The second kappa shape index (κ2) is 7.07. The van der Waals surface area contributed by atoms with Gasteiger partial charge in [0.25, 0.3) is 0 Å². The number of amides is 1. The molecule has 0 heterocycles. The molecule has 0 bridgehead atoms. The van der Waals surface area contributed by atoms with Crippen molar-refractivity contribution in [2.45, 2.75) is 33.1 Å². The molecule has 0 aliphatic carbocycles. The molecule has 0 unspecified atom stereocenters. The number of carbonyl (C=O) groups is 1. The summed E-state index contributed by atoms with van der Waals surface area (Å²) < 4.78 is 0. The van der Waals surface area contributed by atoms with Crippen LogP contribution in [0.25, 0.3) is 0 Å². The molecule has 94 valence electrons. The van der Waals surface area contributed by atoms with Crippen LogP contribution in [0.2, 0.25) is 0 Å². The number of rotatable bonds is 6. The molecule has 1 amide bonds. The van der Waals surface area contributed by atoms with Crippen LogP contribution in [0.4, 0.5) is 5.69 Å². The first-order chi connectivity index (χ1) is 8.19. The van der Waals surface area contributed by atoms with Crippen LogP contribution < -0.4 is 10.6 Å². The molecule has 0 aliphatic rings. The third-order valence-electron chi connectivity index (χ3n) is 2.84.